The Balaban J connectivity index is 2.84. The zero-order valence-electron chi connectivity index (χ0n) is 10.9. The molecule has 0 saturated heterocycles. The van der Waals surface area contributed by atoms with Crippen LogP contribution in [0, 0.1) is 5.41 Å². The van der Waals surface area contributed by atoms with Gasteiger partial charge >= 0.3 is 0 Å². The molecule has 2 nitrogen and oxygen atoms in total. The zero-order valence-corrected chi connectivity index (χ0v) is 10.9. The number of rotatable bonds is 0. The lowest BCUT2D eigenvalue weighted by atomic mass is 9.84. The second-order valence-electron chi connectivity index (χ2n) is 5.69. The van der Waals surface area contributed by atoms with Crippen LogP contribution >= 0.6 is 0 Å². The maximum absolute atomic E-state index is 10.0. The number of hydrogen-bond donors (Lipinski definition) is 2. The van der Waals surface area contributed by atoms with Gasteiger partial charge in [-0.3, -0.25) is 0 Å². The van der Waals surface area contributed by atoms with Crippen LogP contribution in [0.2, 0.25) is 0 Å². The van der Waals surface area contributed by atoms with E-state index in [9.17, 15) is 10.2 Å². The molecule has 2 heteroatoms. The minimum absolute atomic E-state index is 0.0576. The van der Waals surface area contributed by atoms with Gasteiger partial charge in [-0.15, -0.1) is 0 Å². The molecule has 0 bridgehead atoms. The molecule has 0 fully saturated rings. The Morgan fingerprint density at radius 2 is 1.82 bits per heavy atom. The summed E-state index contributed by atoms with van der Waals surface area (Å²) >= 11 is 0. The maximum atomic E-state index is 10.0. The first-order valence-corrected chi connectivity index (χ1v) is 6.21. The van der Waals surface area contributed by atoms with Crippen LogP contribution in [0.4, 0.5) is 0 Å². The molecule has 1 rings (SSSR count). The molecule has 0 heterocycles. The summed E-state index contributed by atoms with van der Waals surface area (Å²) in [5, 5.41) is 19.9. The number of aliphatic hydroxyl groups excluding tert-OH is 2. The number of hydrogen-bond acceptors (Lipinski definition) is 2. The Labute approximate surface area is 104 Å². The van der Waals surface area contributed by atoms with E-state index < -0.39 is 12.2 Å². The number of allylic oxidation sites excluding steroid dienone is 2. The van der Waals surface area contributed by atoms with Crippen molar-refractivity contribution < 1.29 is 10.2 Å². The van der Waals surface area contributed by atoms with Crippen molar-refractivity contribution in [1.29, 1.82) is 0 Å². The van der Waals surface area contributed by atoms with Crippen LogP contribution in [0.25, 0.3) is 0 Å². The van der Waals surface area contributed by atoms with Crippen LogP contribution in [0.1, 0.15) is 39.5 Å². The fourth-order valence-electron chi connectivity index (χ4n) is 2.07. The minimum atomic E-state index is -0.496. The van der Waals surface area contributed by atoms with Crippen LogP contribution in [0.15, 0.2) is 36.5 Å². The standard InChI is InChI=1S/C15H24O2/c1-11-6-5-9-15(3,4)10-14(17)12(2)7-8-13(11)16/h5,9,13-14,16-17H,1-2,6-8,10H2,3-4H3/b9-5+/t13-,14+/m0/s1. The van der Waals surface area contributed by atoms with Gasteiger partial charge in [-0.2, -0.15) is 0 Å². The Kier molecular flexibility index (Phi) is 4.72. The van der Waals surface area contributed by atoms with Crippen molar-refractivity contribution in [2.24, 2.45) is 5.41 Å². The smallest absolute Gasteiger partial charge is 0.0755 e. The van der Waals surface area contributed by atoms with Crippen molar-refractivity contribution in [3.63, 3.8) is 0 Å². The van der Waals surface area contributed by atoms with Gasteiger partial charge in [-0.1, -0.05) is 39.2 Å². The average Bonchev–Trinajstić information content (AvgIpc) is 2.23. The van der Waals surface area contributed by atoms with Crippen LogP contribution in [0.5, 0.6) is 0 Å². The quantitative estimate of drug-likeness (QED) is 0.635. The summed E-state index contributed by atoms with van der Waals surface area (Å²) in [5.41, 5.74) is 1.58. The third-order valence-electron chi connectivity index (χ3n) is 3.35. The molecule has 1 aliphatic rings. The molecule has 0 aromatic heterocycles. The molecule has 2 N–H and O–H groups in total. The lowest BCUT2D eigenvalue weighted by Crippen LogP contribution is -2.20. The Hall–Kier alpha value is -0.860. The molecule has 0 aromatic rings. The Morgan fingerprint density at radius 1 is 1.18 bits per heavy atom. The van der Waals surface area contributed by atoms with E-state index in [1.165, 1.54) is 0 Å². The molecule has 0 aromatic carbocycles. The summed E-state index contributed by atoms with van der Waals surface area (Å²) in [6, 6.07) is 0. The molecule has 0 aliphatic heterocycles. The molecule has 0 radical (unpaired) electrons. The summed E-state index contributed by atoms with van der Waals surface area (Å²) in [6.07, 6.45) is 5.76. The predicted octanol–water partition coefficient (Wildman–Crippen LogP) is 2.98. The summed E-state index contributed by atoms with van der Waals surface area (Å²) in [6.45, 7) is 12.0. The van der Waals surface area contributed by atoms with E-state index in [2.05, 4.69) is 33.1 Å². The molecule has 2 atom stereocenters. The van der Waals surface area contributed by atoms with Crippen molar-refractivity contribution >= 4 is 0 Å². The van der Waals surface area contributed by atoms with Crippen molar-refractivity contribution in [1.82, 2.24) is 0 Å². The van der Waals surface area contributed by atoms with Gasteiger partial charge < -0.3 is 10.2 Å². The van der Waals surface area contributed by atoms with Crippen LogP contribution < -0.4 is 0 Å². The highest BCUT2D eigenvalue weighted by Gasteiger charge is 2.22. The molecular formula is C15H24O2. The molecule has 0 saturated carbocycles. The summed E-state index contributed by atoms with van der Waals surface area (Å²) in [7, 11) is 0. The summed E-state index contributed by atoms with van der Waals surface area (Å²) < 4.78 is 0. The Morgan fingerprint density at radius 3 is 2.47 bits per heavy atom. The fraction of sp³-hybridized carbons (Fsp3) is 0.600. The van der Waals surface area contributed by atoms with E-state index in [0.29, 0.717) is 25.7 Å². The van der Waals surface area contributed by atoms with Crippen molar-refractivity contribution in [3.8, 4) is 0 Å². The maximum Gasteiger partial charge on any atom is 0.0755 e. The molecule has 0 amide bonds. The molecule has 17 heavy (non-hydrogen) atoms. The van der Waals surface area contributed by atoms with Gasteiger partial charge in [-0.05, 0) is 42.2 Å². The normalized spacial score (nSPS) is 32.9. The van der Waals surface area contributed by atoms with Gasteiger partial charge in [0.15, 0.2) is 0 Å². The highest BCUT2D eigenvalue weighted by molar-refractivity contribution is 5.14. The molecule has 1 aliphatic carbocycles. The van der Waals surface area contributed by atoms with E-state index >= 15 is 0 Å². The third-order valence-corrected chi connectivity index (χ3v) is 3.35. The topological polar surface area (TPSA) is 40.5 Å². The third kappa shape index (κ3) is 4.49. The average molecular weight is 236 g/mol. The van der Waals surface area contributed by atoms with Gasteiger partial charge in [0, 0.05) is 0 Å². The van der Waals surface area contributed by atoms with E-state index in [1.807, 2.05) is 6.08 Å². The second-order valence-corrected chi connectivity index (χ2v) is 5.69. The predicted molar refractivity (Wildman–Crippen MR) is 71.7 cm³/mol. The summed E-state index contributed by atoms with van der Waals surface area (Å²) in [5.74, 6) is 0. The second kappa shape index (κ2) is 5.65. The molecule has 0 spiro atoms. The highest BCUT2D eigenvalue weighted by atomic mass is 16.3. The van der Waals surface area contributed by atoms with Gasteiger partial charge in [0.25, 0.3) is 0 Å². The van der Waals surface area contributed by atoms with Crippen LogP contribution in [-0.2, 0) is 0 Å². The van der Waals surface area contributed by atoms with Crippen molar-refractivity contribution in [2.75, 3.05) is 0 Å². The SMILES string of the molecule is C=C1CC[C@H](O)C(=C)C/C=C/C(C)(C)C[C@H]1O. The molecule has 96 valence electrons. The first kappa shape index (κ1) is 14.2. The molecular weight excluding hydrogens is 212 g/mol. The van der Waals surface area contributed by atoms with Crippen LogP contribution in [-0.4, -0.2) is 22.4 Å². The van der Waals surface area contributed by atoms with E-state index in [1.54, 1.807) is 0 Å². The lowest BCUT2D eigenvalue weighted by molar-refractivity contribution is 0.154. The fourth-order valence-corrected chi connectivity index (χ4v) is 2.07. The van der Waals surface area contributed by atoms with Gasteiger partial charge in [0.1, 0.15) is 0 Å². The summed E-state index contributed by atoms with van der Waals surface area (Å²) in [4.78, 5) is 0. The van der Waals surface area contributed by atoms with Gasteiger partial charge in [0.05, 0.1) is 12.2 Å². The van der Waals surface area contributed by atoms with Gasteiger partial charge in [-0.25, -0.2) is 0 Å². The lowest BCUT2D eigenvalue weighted by Gasteiger charge is -2.25. The van der Waals surface area contributed by atoms with E-state index in [0.717, 1.165) is 11.1 Å². The van der Waals surface area contributed by atoms with E-state index in [-0.39, 0.29) is 5.41 Å². The largest absolute Gasteiger partial charge is 0.389 e. The monoisotopic (exact) mass is 236 g/mol. The highest BCUT2D eigenvalue weighted by Crippen LogP contribution is 2.29. The zero-order chi connectivity index (χ0) is 13.1. The van der Waals surface area contributed by atoms with Crippen molar-refractivity contribution in [2.45, 2.75) is 51.7 Å². The Bertz CT molecular complexity index is 326. The molecule has 0 unspecified atom stereocenters. The van der Waals surface area contributed by atoms with Crippen molar-refractivity contribution in [3.05, 3.63) is 36.5 Å². The first-order valence-electron chi connectivity index (χ1n) is 6.21. The first-order chi connectivity index (χ1) is 7.82. The minimum Gasteiger partial charge on any atom is -0.389 e. The van der Waals surface area contributed by atoms with E-state index in [4.69, 9.17) is 0 Å². The van der Waals surface area contributed by atoms with Crippen LogP contribution in [0.3, 0.4) is 0 Å². The number of aliphatic hydroxyl groups is 2. The van der Waals surface area contributed by atoms with Gasteiger partial charge in [0.2, 0.25) is 0 Å².